The maximum Gasteiger partial charge on any atom is 0.260 e. The van der Waals surface area contributed by atoms with Gasteiger partial charge >= 0.3 is 0 Å². The highest BCUT2D eigenvalue weighted by atomic mass is 32.1. The molecule has 1 aromatic heterocycles. The molecule has 0 aliphatic carbocycles. The van der Waals surface area contributed by atoms with Crippen LogP contribution in [0.25, 0.3) is 11.3 Å². The molecule has 1 amide bonds. The zero-order chi connectivity index (χ0) is 18.7. The van der Waals surface area contributed by atoms with Gasteiger partial charge in [0.05, 0.1) is 25.5 Å². The number of nitrogens with zero attached hydrogens (tertiary/aromatic N) is 1. The Morgan fingerprint density at radius 3 is 2.62 bits per heavy atom. The SMILES string of the molecule is COc1ccc(C(=O)Nc2nc(-c3cc(F)ccc3OC)cs2)c(F)c1. The minimum atomic E-state index is -0.703. The summed E-state index contributed by atoms with van der Waals surface area (Å²) in [6.07, 6.45) is 0. The molecule has 0 saturated heterocycles. The third-order valence-corrected chi connectivity index (χ3v) is 4.34. The first-order chi connectivity index (χ1) is 12.5. The van der Waals surface area contributed by atoms with Crippen molar-refractivity contribution in [3.63, 3.8) is 0 Å². The van der Waals surface area contributed by atoms with E-state index in [9.17, 15) is 13.6 Å². The molecule has 0 atom stereocenters. The van der Waals surface area contributed by atoms with Crippen LogP contribution in [0.15, 0.2) is 41.8 Å². The van der Waals surface area contributed by atoms with E-state index in [2.05, 4.69) is 10.3 Å². The molecule has 2 aromatic carbocycles. The van der Waals surface area contributed by atoms with E-state index in [1.165, 1.54) is 44.6 Å². The van der Waals surface area contributed by atoms with E-state index < -0.39 is 17.5 Å². The Balaban J connectivity index is 1.83. The van der Waals surface area contributed by atoms with Gasteiger partial charge in [0.2, 0.25) is 0 Å². The summed E-state index contributed by atoms with van der Waals surface area (Å²) >= 11 is 1.14. The lowest BCUT2D eigenvalue weighted by Crippen LogP contribution is -2.13. The van der Waals surface area contributed by atoms with Crippen molar-refractivity contribution < 1.29 is 23.0 Å². The fraction of sp³-hybridized carbons (Fsp3) is 0.111. The summed E-state index contributed by atoms with van der Waals surface area (Å²) in [6.45, 7) is 0. The summed E-state index contributed by atoms with van der Waals surface area (Å²) in [7, 11) is 2.88. The van der Waals surface area contributed by atoms with Crippen LogP contribution in [0.4, 0.5) is 13.9 Å². The molecular formula is C18H14F2N2O3S. The Morgan fingerprint density at radius 1 is 1.12 bits per heavy atom. The smallest absolute Gasteiger partial charge is 0.260 e. The van der Waals surface area contributed by atoms with Crippen molar-refractivity contribution in [2.45, 2.75) is 0 Å². The van der Waals surface area contributed by atoms with Crippen LogP contribution in [-0.2, 0) is 0 Å². The third kappa shape index (κ3) is 3.65. The van der Waals surface area contributed by atoms with Crippen LogP contribution in [0.3, 0.4) is 0 Å². The van der Waals surface area contributed by atoms with Gasteiger partial charge in [0.25, 0.3) is 5.91 Å². The van der Waals surface area contributed by atoms with Crippen LogP contribution >= 0.6 is 11.3 Å². The molecule has 0 bridgehead atoms. The van der Waals surface area contributed by atoms with Crippen LogP contribution in [0, 0.1) is 11.6 Å². The fourth-order valence-corrected chi connectivity index (χ4v) is 3.01. The second kappa shape index (κ2) is 7.49. The summed E-state index contributed by atoms with van der Waals surface area (Å²) in [5.74, 6) is -1.01. The summed E-state index contributed by atoms with van der Waals surface area (Å²) in [5.41, 5.74) is 0.766. The molecule has 134 valence electrons. The third-order valence-electron chi connectivity index (χ3n) is 3.58. The van der Waals surface area contributed by atoms with Gasteiger partial charge in [-0.2, -0.15) is 0 Å². The molecule has 0 saturated carbocycles. The van der Waals surface area contributed by atoms with Crippen molar-refractivity contribution >= 4 is 22.4 Å². The number of nitrogens with one attached hydrogen (secondary N) is 1. The molecule has 1 heterocycles. The molecule has 3 aromatic rings. The number of hydrogen-bond donors (Lipinski definition) is 1. The number of ether oxygens (including phenoxy) is 2. The number of thiazole rings is 1. The van der Waals surface area contributed by atoms with Gasteiger partial charge in [-0.15, -0.1) is 11.3 Å². The number of carbonyl (C=O) groups is 1. The van der Waals surface area contributed by atoms with Crippen LogP contribution < -0.4 is 14.8 Å². The first-order valence-corrected chi connectivity index (χ1v) is 8.34. The van der Waals surface area contributed by atoms with Gasteiger partial charge in [0.1, 0.15) is 23.1 Å². The maximum absolute atomic E-state index is 14.0. The minimum Gasteiger partial charge on any atom is -0.497 e. The van der Waals surface area contributed by atoms with Crippen molar-refractivity contribution in [1.29, 1.82) is 0 Å². The Kier molecular flexibility index (Phi) is 5.13. The molecule has 0 aliphatic rings. The molecule has 8 heteroatoms. The standard InChI is InChI=1S/C18H14F2N2O3S/c1-24-11-4-5-12(14(20)8-11)17(23)22-18-21-15(9-26-18)13-7-10(19)3-6-16(13)25-2/h3-9H,1-2H3,(H,21,22,23). The van der Waals surface area contributed by atoms with Gasteiger partial charge in [-0.05, 0) is 30.3 Å². The largest absolute Gasteiger partial charge is 0.497 e. The summed E-state index contributed by atoms with van der Waals surface area (Å²) in [6, 6.07) is 8.01. The van der Waals surface area contributed by atoms with Crippen LogP contribution in [0.5, 0.6) is 11.5 Å². The molecule has 0 aliphatic heterocycles. The van der Waals surface area contributed by atoms with Gasteiger partial charge in [0, 0.05) is 17.0 Å². The Bertz CT molecular complexity index is 959. The predicted molar refractivity (Wildman–Crippen MR) is 95.0 cm³/mol. The number of amides is 1. The lowest BCUT2D eigenvalue weighted by molar-refractivity contribution is 0.102. The normalized spacial score (nSPS) is 10.5. The first-order valence-electron chi connectivity index (χ1n) is 7.46. The number of halogens is 2. The van der Waals surface area contributed by atoms with E-state index in [1.54, 1.807) is 5.38 Å². The summed E-state index contributed by atoms with van der Waals surface area (Å²) < 4.78 is 37.6. The van der Waals surface area contributed by atoms with Crippen molar-refractivity contribution in [2.75, 3.05) is 19.5 Å². The number of anilines is 1. The molecule has 1 N–H and O–H groups in total. The molecule has 0 radical (unpaired) electrons. The second-order valence-corrected chi connectivity index (χ2v) is 6.04. The van der Waals surface area contributed by atoms with E-state index in [0.717, 1.165) is 17.4 Å². The van der Waals surface area contributed by atoms with Gasteiger partial charge in [-0.1, -0.05) is 0 Å². The Labute approximate surface area is 152 Å². The van der Waals surface area contributed by atoms with E-state index >= 15 is 0 Å². The van der Waals surface area contributed by atoms with E-state index in [0.29, 0.717) is 22.8 Å². The Morgan fingerprint density at radius 2 is 1.92 bits per heavy atom. The van der Waals surface area contributed by atoms with Crippen LogP contribution in [0.1, 0.15) is 10.4 Å². The van der Waals surface area contributed by atoms with Crippen molar-refractivity contribution in [2.24, 2.45) is 0 Å². The molecular weight excluding hydrogens is 362 g/mol. The second-order valence-electron chi connectivity index (χ2n) is 5.18. The number of methoxy groups -OCH3 is 2. The minimum absolute atomic E-state index is 0.133. The first kappa shape index (κ1) is 17.8. The summed E-state index contributed by atoms with van der Waals surface area (Å²) in [5, 5.41) is 4.44. The summed E-state index contributed by atoms with van der Waals surface area (Å²) in [4.78, 5) is 16.5. The number of aromatic nitrogens is 1. The van der Waals surface area contributed by atoms with Crippen LogP contribution in [-0.4, -0.2) is 25.1 Å². The highest BCUT2D eigenvalue weighted by Gasteiger charge is 2.16. The van der Waals surface area contributed by atoms with Gasteiger partial charge in [-0.3, -0.25) is 10.1 Å². The molecule has 0 spiro atoms. The zero-order valence-corrected chi connectivity index (χ0v) is 14.7. The van der Waals surface area contributed by atoms with Crippen LogP contribution in [0.2, 0.25) is 0 Å². The molecule has 26 heavy (non-hydrogen) atoms. The highest BCUT2D eigenvalue weighted by molar-refractivity contribution is 7.14. The molecule has 0 fully saturated rings. The van der Waals surface area contributed by atoms with Gasteiger partial charge in [0.15, 0.2) is 5.13 Å². The average molecular weight is 376 g/mol. The Hall–Kier alpha value is -3.00. The fourth-order valence-electron chi connectivity index (χ4n) is 2.31. The van der Waals surface area contributed by atoms with Gasteiger partial charge in [-0.25, -0.2) is 13.8 Å². The van der Waals surface area contributed by atoms with Crippen molar-refractivity contribution in [3.8, 4) is 22.8 Å². The molecule has 0 unspecified atom stereocenters. The van der Waals surface area contributed by atoms with E-state index in [1.807, 2.05) is 0 Å². The van der Waals surface area contributed by atoms with Gasteiger partial charge < -0.3 is 9.47 Å². The number of benzene rings is 2. The topological polar surface area (TPSA) is 60.5 Å². The number of hydrogen-bond acceptors (Lipinski definition) is 5. The zero-order valence-electron chi connectivity index (χ0n) is 13.9. The lowest BCUT2D eigenvalue weighted by atomic mass is 10.1. The quantitative estimate of drug-likeness (QED) is 0.719. The predicted octanol–water partition coefficient (Wildman–Crippen LogP) is 4.36. The molecule has 5 nitrogen and oxygen atoms in total. The number of rotatable bonds is 5. The van der Waals surface area contributed by atoms with E-state index in [-0.39, 0.29) is 10.7 Å². The average Bonchev–Trinajstić information content (AvgIpc) is 3.09. The lowest BCUT2D eigenvalue weighted by Gasteiger charge is -2.06. The number of carbonyl (C=O) groups excluding carboxylic acids is 1. The van der Waals surface area contributed by atoms with Crippen molar-refractivity contribution in [1.82, 2.24) is 4.98 Å². The monoisotopic (exact) mass is 376 g/mol. The maximum atomic E-state index is 14.0. The highest BCUT2D eigenvalue weighted by Crippen LogP contribution is 2.33. The van der Waals surface area contributed by atoms with E-state index in [4.69, 9.17) is 9.47 Å². The van der Waals surface area contributed by atoms with Crippen molar-refractivity contribution in [3.05, 3.63) is 59.0 Å². The molecule has 3 rings (SSSR count).